The Morgan fingerprint density at radius 1 is 0.840 bits per heavy atom. The molecule has 0 fully saturated rings. The molecule has 0 aliphatic heterocycles. The molecule has 7 nitrogen and oxygen atoms in total. The summed E-state index contributed by atoms with van der Waals surface area (Å²) in [4.78, 5) is 35.0. The number of anilines is 1. The molecule has 0 aliphatic carbocycles. The third kappa shape index (κ3) is 5.07. The SMILES string of the molecule is COC(=O)c1ccc(C(=O)OCC(=O)Nc2ccc(OC)cc2)cc1. The zero-order valence-electron chi connectivity index (χ0n) is 13.8. The number of rotatable bonds is 6. The minimum atomic E-state index is -0.665. The molecule has 2 aromatic carbocycles. The van der Waals surface area contributed by atoms with E-state index in [1.807, 2.05) is 0 Å². The van der Waals surface area contributed by atoms with Crippen LogP contribution in [-0.4, -0.2) is 38.7 Å². The summed E-state index contributed by atoms with van der Waals surface area (Å²) in [5, 5.41) is 2.60. The first-order valence-electron chi connectivity index (χ1n) is 7.33. The van der Waals surface area contributed by atoms with Crippen LogP contribution in [0.5, 0.6) is 5.75 Å². The summed E-state index contributed by atoms with van der Waals surface area (Å²) < 4.78 is 14.5. The molecule has 0 spiro atoms. The first-order valence-corrected chi connectivity index (χ1v) is 7.33. The van der Waals surface area contributed by atoms with Gasteiger partial charge in [0, 0.05) is 5.69 Å². The molecule has 2 rings (SSSR count). The molecule has 1 amide bonds. The Labute approximate surface area is 144 Å². The Hall–Kier alpha value is -3.35. The van der Waals surface area contributed by atoms with E-state index in [2.05, 4.69) is 10.1 Å². The lowest BCUT2D eigenvalue weighted by atomic mass is 10.1. The highest BCUT2D eigenvalue weighted by Gasteiger charge is 2.12. The van der Waals surface area contributed by atoms with Crippen molar-refractivity contribution in [3.05, 3.63) is 59.7 Å². The van der Waals surface area contributed by atoms with Crippen molar-refractivity contribution in [3.63, 3.8) is 0 Å². The van der Waals surface area contributed by atoms with Gasteiger partial charge in [-0.2, -0.15) is 0 Å². The molecule has 1 N–H and O–H groups in total. The Kier molecular flexibility index (Phi) is 6.11. The predicted octanol–water partition coefficient (Wildman–Crippen LogP) is 2.28. The van der Waals surface area contributed by atoms with Crippen molar-refractivity contribution in [1.82, 2.24) is 0 Å². The molecule has 130 valence electrons. The van der Waals surface area contributed by atoms with E-state index in [-0.39, 0.29) is 5.56 Å². The van der Waals surface area contributed by atoms with Crippen LogP contribution in [0, 0.1) is 0 Å². The minimum Gasteiger partial charge on any atom is -0.497 e. The molecule has 0 aromatic heterocycles. The summed E-state index contributed by atoms with van der Waals surface area (Å²) in [7, 11) is 2.82. The fourth-order valence-corrected chi connectivity index (χ4v) is 1.95. The second-order valence-corrected chi connectivity index (χ2v) is 4.92. The Bertz CT molecular complexity index is 752. The molecular weight excluding hydrogens is 326 g/mol. The Morgan fingerprint density at radius 2 is 1.40 bits per heavy atom. The average molecular weight is 343 g/mol. The van der Waals surface area contributed by atoms with E-state index in [1.54, 1.807) is 31.4 Å². The summed E-state index contributed by atoms with van der Waals surface area (Å²) in [5.41, 5.74) is 1.10. The lowest BCUT2D eigenvalue weighted by molar-refractivity contribution is -0.119. The number of ether oxygens (including phenoxy) is 3. The van der Waals surface area contributed by atoms with Crippen LogP contribution in [0.15, 0.2) is 48.5 Å². The van der Waals surface area contributed by atoms with E-state index in [0.717, 1.165) is 0 Å². The third-order valence-electron chi connectivity index (χ3n) is 3.25. The van der Waals surface area contributed by atoms with Crippen LogP contribution in [0.1, 0.15) is 20.7 Å². The molecule has 0 unspecified atom stereocenters. The van der Waals surface area contributed by atoms with Crippen molar-refractivity contribution < 1.29 is 28.6 Å². The number of esters is 2. The fraction of sp³-hybridized carbons (Fsp3) is 0.167. The zero-order valence-corrected chi connectivity index (χ0v) is 13.8. The number of amides is 1. The quantitative estimate of drug-likeness (QED) is 0.809. The molecule has 0 bridgehead atoms. The Morgan fingerprint density at radius 3 is 1.92 bits per heavy atom. The van der Waals surface area contributed by atoms with Gasteiger partial charge < -0.3 is 19.5 Å². The van der Waals surface area contributed by atoms with Gasteiger partial charge in [-0.05, 0) is 48.5 Å². The second-order valence-electron chi connectivity index (χ2n) is 4.92. The molecule has 0 aliphatic rings. The summed E-state index contributed by atoms with van der Waals surface area (Å²) in [6, 6.07) is 12.5. The van der Waals surface area contributed by atoms with Crippen molar-refractivity contribution >= 4 is 23.5 Å². The lowest BCUT2D eigenvalue weighted by Crippen LogP contribution is -2.20. The maximum Gasteiger partial charge on any atom is 0.338 e. The molecule has 0 heterocycles. The molecule has 0 saturated carbocycles. The fourth-order valence-electron chi connectivity index (χ4n) is 1.95. The maximum absolute atomic E-state index is 11.9. The number of carbonyl (C=O) groups excluding carboxylic acids is 3. The number of hydrogen-bond acceptors (Lipinski definition) is 6. The average Bonchev–Trinajstić information content (AvgIpc) is 2.66. The number of benzene rings is 2. The molecule has 0 radical (unpaired) electrons. The topological polar surface area (TPSA) is 90.9 Å². The number of nitrogens with one attached hydrogen (secondary N) is 1. The van der Waals surface area contributed by atoms with Crippen LogP contribution >= 0.6 is 0 Å². The van der Waals surface area contributed by atoms with Crippen molar-refractivity contribution in [1.29, 1.82) is 0 Å². The van der Waals surface area contributed by atoms with Gasteiger partial charge in [-0.15, -0.1) is 0 Å². The molecule has 7 heteroatoms. The van der Waals surface area contributed by atoms with Crippen LogP contribution in [0.3, 0.4) is 0 Å². The summed E-state index contributed by atoms with van der Waals surface area (Å²) in [5.74, 6) is -0.968. The molecule has 25 heavy (non-hydrogen) atoms. The number of carbonyl (C=O) groups is 3. The van der Waals surface area contributed by atoms with E-state index in [0.29, 0.717) is 17.0 Å². The van der Waals surface area contributed by atoms with E-state index in [4.69, 9.17) is 9.47 Å². The standard InChI is InChI=1S/C18H17NO6/c1-23-15-9-7-14(8-10-15)19-16(20)11-25-18(22)13-5-3-12(4-6-13)17(21)24-2/h3-10H,11H2,1-2H3,(H,19,20). The zero-order chi connectivity index (χ0) is 18.2. The van der Waals surface area contributed by atoms with Gasteiger partial charge in [-0.25, -0.2) is 9.59 Å². The Balaban J connectivity index is 1.86. The molecule has 2 aromatic rings. The van der Waals surface area contributed by atoms with Gasteiger partial charge in [-0.3, -0.25) is 4.79 Å². The highest BCUT2D eigenvalue weighted by molar-refractivity contribution is 5.96. The second kappa shape index (κ2) is 8.49. The predicted molar refractivity (Wildman–Crippen MR) is 89.7 cm³/mol. The number of methoxy groups -OCH3 is 2. The molecule has 0 atom stereocenters. The smallest absolute Gasteiger partial charge is 0.338 e. The van der Waals surface area contributed by atoms with Gasteiger partial charge in [0.2, 0.25) is 0 Å². The summed E-state index contributed by atoms with van der Waals surface area (Å²) in [6.45, 7) is -0.427. The highest BCUT2D eigenvalue weighted by atomic mass is 16.5. The van der Waals surface area contributed by atoms with Crippen LogP contribution in [0.4, 0.5) is 5.69 Å². The third-order valence-corrected chi connectivity index (χ3v) is 3.25. The van der Waals surface area contributed by atoms with Crippen LogP contribution in [0.2, 0.25) is 0 Å². The summed E-state index contributed by atoms with van der Waals surface area (Å²) >= 11 is 0. The van der Waals surface area contributed by atoms with Crippen LogP contribution in [0.25, 0.3) is 0 Å². The van der Waals surface area contributed by atoms with Crippen molar-refractivity contribution in [3.8, 4) is 5.75 Å². The van der Waals surface area contributed by atoms with Crippen LogP contribution < -0.4 is 10.1 Å². The number of hydrogen-bond donors (Lipinski definition) is 1. The van der Waals surface area contributed by atoms with Gasteiger partial charge in [0.05, 0.1) is 25.3 Å². The lowest BCUT2D eigenvalue weighted by Gasteiger charge is -2.07. The molecular formula is C18H17NO6. The first kappa shape index (κ1) is 18.0. The van der Waals surface area contributed by atoms with Gasteiger partial charge in [-0.1, -0.05) is 0 Å². The maximum atomic E-state index is 11.9. The van der Waals surface area contributed by atoms with Gasteiger partial charge >= 0.3 is 11.9 Å². The minimum absolute atomic E-state index is 0.227. The first-order chi connectivity index (χ1) is 12.0. The summed E-state index contributed by atoms with van der Waals surface area (Å²) in [6.07, 6.45) is 0. The van der Waals surface area contributed by atoms with Gasteiger partial charge in [0.15, 0.2) is 6.61 Å². The highest BCUT2D eigenvalue weighted by Crippen LogP contribution is 2.15. The van der Waals surface area contributed by atoms with Crippen molar-refractivity contribution in [2.45, 2.75) is 0 Å². The van der Waals surface area contributed by atoms with E-state index >= 15 is 0 Å². The molecule has 0 saturated heterocycles. The van der Waals surface area contributed by atoms with Crippen molar-refractivity contribution in [2.75, 3.05) is 26.1 Å². The van der Waals surface area contributed by atoms with E-state index in [1.165, 1.54) is 31.4 Å². The van der Waals surface area contributed by atoms with Gasteiger partial charge in [0.25, 0.3) is 5.91 Å². The van der Waals surface area contributed by atoms with E-state index in [9.17, 15) is 14.4 Å². The van der Waals surface area contributed by atoms with E-state index < -0.39 is 24.5 Å². The normalized spacial score (nSPS) is 9.84. The van der Waals surface area contributed by atoms with Gasteiger partial charge in [0.1, 0.15) is 5.75 Å². The largest absolute Gasteiger partial charge is 0.497 e. The van der Waals surface area contributed by atoms with Crippen molar-refractivity contribution in [2.24, 2.45) is 0 Å². The van der Waals surface area contributed by atoms with Crippen LogP contribution in [-0.2, 0) is 14.3 Å². The monoisotopic (exact) mass is 343 g/mol.